The Kier molecular flexibility index (Phi) is 3.62. The zero-order valence-corrected chi connectivity index (χ0v) is 12.0. The van der Waals surface area contributed by atoms with E-state index >= 15 is 0 Å². The molecule has 1 saturated heterocycles. The molecule has 0 radical (unpaired) electrons. The molecule has 1 fully saturated rings. The number of carbonyl (C=O) groups excluding carboxylic acids is 1. The number of ether oxygens (including phenoxy) is 1. The van der Waals surface area contributed by atoms with Gasteiger partial charge in [-0.05, 0) is 25.1 Å². The van der Waals surface area contributed by atoms with Crippen LogP contribution in [0.2, 0.25) is 0 Å². The first-order valence-electron chi connectivity index (χ1n) is 6.93. The first-order chi connectivity index (χ1) is 10.1. The van der Waals surface area contributed by atoms with Gasteiger partial charge in [0.15, 0.2) is 0 Å². The van der Waals surface area contributed by atoms with E-state index < -0.39 is 5.91 Å². The molecule has 0 atom stereocenters. The zero-order valence-electron chi connectivity index (χ0n) is 12.0. The number of aryl methyl sites for hydroxylation is 1. The van der Waals surface area contributed by atoms with E-state index in [1.807, 2.05) is 29.8 Å². The Morgan fingerprint density at radius 2 is 2.10 bits per heavy atom. The molecular formula is C15H18N4O2. The minimum absolute atomic E-state index is 0.429. The van der Waals surface area contributed by atoms with Crippen molar-refractivity contribution in [3.8, 4) is 5.82 Å². The number of anilines is 1. The van der Waals surface area contributed by atoms with Crippen LogP contribution in [0.5, 0.6) is 0 Å². The molecule has 0 spiro atoms. The Morgan fingerprint density at radius 1 is 1.33 bits per heavy atom. The van der Waals surface area contributed by atoms with Crippen LogP contribution in [-0.4, -0.2) is 41.8 Å². The molecule has 3 rings (SSSR count). The van der Waals surface area contributed by atoms with Crippen molar-refractivity contribution in [1.29, 1.82) is 0 Å². The third kappa shape index (κ3) is 2.75. The molecule has 21 heavy (non-hydrogen) atoms. The van der Waals surface area contributed by atoms with E-state index in [4.69, 9.17) is 10.5 Å². The Labute approximate surface area is 123 Å². The van der Waals surface area contributed by atoms with Crippen molar-refractivity contribution in [3.63, 3.8) is 0 Å². The standard InChI is InChI=1S/C15H18N4O2/c1-11-8-12(15(16)20)10-19(11)14-3-2-13(9-17-14)18-4-6-21-7-5-18/h2-3,8-10H,4-7H2,1H3,(H2,16,20). The molecule has 2 aromatic rings. The molecule has 6 nitrogen and oxygen atoms in total. The number of carbonyl (C=O) groups is 1. The Hall–Kier alpha value is -2.34. The predicted molar refractivity (Wildman–Crippen MR) is 79.9 cm³/mol. The SMILES string of the molecule is Cc1cc(C(N)=O)cn1-c1ccc(N2CCOCC2)cn1. The van der Waals surface area contributed by atoms with E-state index in [1.165, 1.54) is 0 Å². The summed E-state index contributed by atoms with van der Waals surface area (Å²) in [6.45, 7) is 5.19. The van der Waals surface area contributed by atoms with Crippen LogP contribution in [0.4, 0.5) is 5.69 Å². The van der Waals surface area contributed by atoms with Crippen LogP contribution >= 0.6 is 0 Å². The van der Waals surface area contributed by atoms with E-state index in [-0.39, 0.29) is 0 Å². The van der Waals surface area contributed by atoms with Crippen molar-refractivity contribution in [2.45, 2.75) is 6.92 Å². The zero-order chi connectivity index (χ0) is 14.8. The molecule has 0 aliphatic carbocycles. The molecule has 0 aromatic carbocycles. The molecule has 2 aromatic heterocycles. The first kappa shape index (κ1) is 13.6. The Bertz CT molecular complexity index is 642. The van der Waals surface area contributed by atoms with Gasteiger partial charge in [-0.15, -0.1) is 0 Å². The van der Waals surface area contributed by atoms with Crippen molar-refractivity contribution in [2.24, 2.45) is 5.73 Å². The van der Waals surface area contributed by atoms with Gasteiger partial charge in [0.05, 0.1) is 30.7 Å². The molecule has 1 amide bonds. The third-order valence-corrected chi connectivity index (χ3v) is 3.65. The lowest BCUT2D eigenvalue weighted by Gasteiger charge is -2.28. The molecule has 3 heterocycles. The number of morpholine rings is 1. The molecule has 2 N–H and O–H groups in total. The summed E-state index contributed by atoms with van der Waals surface area (Å²) in [4.78, 5) is 18.0. The molecule has 0 saturated carbocycles. The van der Waals surface area contributed by atoms with Gasteiger partial charge in [0.25, 0.3) is 0 Å². The summed E-state index contributed by atoms with van der Waals surface area (Å²) in [5, 5.41) is 0. The Balaban J connectivity index is 1.85. The maximum Gasteiger partial charge on any atom is 0.250 e. The topological polar surface area (TPSA) is 73.4 Å². The number of hydrogen-bond acceptors (Lipinski definition) is 4. The van der Waals surface area contributed by atoms with Gasteiger partial charge < -0.3 is 19.9 Å². The van der Waals surface area contributed by atoms with Crippen LogP contribution in [0, 0.1) is 6.92 Å². The van der Waals surface area contributed by atoms with E-state index in [0.29, 0.717) is 5.56 Å². The summed E-state index contributed by atoms with van der Waals surface area (Å²) in [6, 6.07) is 5.75. The fraction of sp³-hybridized carbons (Fsp3) is 0.333. The predicted octanol–water partition coefficient (Wildman–Crippen LogP) is 1.12. The van der Waals surface area contributed by atoms with Gasteiger partial charge in [-0.1, -0.05) is 0 Å². The van der Waals surface area contributed by atoms with E-state index in [2.05, 4.69) is 9.88 Å². The number of nitrogens with zero attached hydrogens (tertiary/aromatic N) is 3. The average molecular weight is 286 g/mol. The summed E-state index contributed by atoms with van der Waals surface area (Å²) in [7, 11) is 0. The second-order valence-corrected chi connectivity index (χ2v) is 5.08. The fourth-order valence-corrected chi connectivity index (χ4v) is 2.48. The molecule has 1 aliphatic heterocycles. The number of hydrogen-bond donors (Lipinski definition) is 1. The van der Waals surface area contributed by atoms with Gasteiger partial charge >= 0.3 is 0 Å². The second kappa shape index (κ2) is 5.57. The summed E-state index contributed by atoms with van der Waals surface area (Å²) >= 11 is 0. The number of nitrogens with two attached hydrogens (primary N) is 1. The Morgan fingerprint density at radius 3 is 2.67 bits per heavy atom. The smallest absolute Gasteiger partial charge is 0.250 e. The highest BCUT2D eigenvalue weighted by atomic mass is 16.5. The van der Waals surface area contributed by atoms with Crippen molar-refractivity contribution >= 4 is 11.6 Å². The lowest BCUT2D eigenvalue weighted by Crippen LogP contribution is -2.36. The minimum atomic E-state index is -0.429. The van der Waals surface area contributed by atoms with Gasteiger partial charge in [-0.25, -0.2) is 4.98 Å². The quantitative estimate of drug-likeness (QED) is 0.917. The maximum absolute atomic E-state index is 11.2. The van der Waals surface area contributed by atoms with Gasteiger partial charge in [0.2, 0.25) is 5.91 Å². The summed E-state index contributed by atoms with van der Waals surface area (Å²) in [5.41, 5.74) is 7.81. The van der Waals surface area contributed by atoms with Crippen LogP contribution in [0.25, 0.3) is 5.82 Å². The molecular weight excluding hydrogens is 268 g/mol. The van der Waals surface area contributed by atoms with Gasteiger partial charge in [0.1, 0.15) is 5.82 Å². The summed E-state index contributed by atoms with van der Waals surface area (Å²) in [5.74, 6) is 0.346. The van der Waals surface area contributed by atoms with E-state index in [1.54, 1.807) is 12.3 Å². The molecule has 0 bridgehead atoms. The van der Waals surface area contributed by atoms with Crippen LogP contribution < -0.4 is 10.6 Å². The molecule has 1 aliphatic rings. The van der Waals surface area contributed by atoms with Gasteiger partial charge in [-0.3, -0.25) is 4.79 Å². The molecule has 110 valence electrons. The molecule has 6 heteroatoms. The van der Waals surface area contributed by atoms with Crippen LogP contribution in [0.15, 0.2) is 30.6 Å². The van der Waals surface area contributed by atoms with Crippen molar-refractivity contribution in [3.05, 3.63) is 41.9 Å². The van der Waals surface area contributed by atoms with Crippen LogP contribution in [0.3, 0.4) is 0 Å². The average Bonchev–Trinajstić information content (AvgIpc) is 2.91. The minimum Gasteiger partial charge on any atom is -0.378 e. The lowest BCUT2D eigenvalue weighted by atomic mass is 10.3. The lowest BCUT2D eigenvalue weighted by molar-refractivity contribution is 0.100. The number of pyridine rings is 1. The van der Waals surface area contributed by atoms with Gasteiger partial charge in [-0.2, -0.15) is 0 Å². The van der Waals surface area contributed by atoms with Crippen LogP contribution in [0.1, 0.15) is 16.1 Å². The first-order valence-corrected chi connectivity index (χ1v) is 6.93. The van der Waals surface area contributed by atoms with Crippen LogP contribution in [-0.2, 0) is 4.74 Å². The van der Waals surface area contributed by atoms with E-state index in [0.717, 1.165) is 43.5 Å². The van der Waals surface area contributed by atoms with Gasteiger partial charge in [0, 0.05) is 25.0 Å². The number of rotatable bonds is 3. The highest BCUT2D eigenvalue weighted by molar-refractivity contribution is 5.93. The second-order valence-electron chi connectivity index (χ2n) is 5.08. The molecule has 0 unspecified atom stereocenters. The monoisotopic (exact) mass is 286 g/mol. The summed E-state index contributed by atoms with van der Waals surface area (Å²) in [6.07, 6.45) is 3.57. The number of primary amides is 1. The highest BCUT2D eigenvalue weighted by Crippen LogP contribution is 2.18. The van der Waals surface area contributed by atoms with Crippen molar-refractivity contribution in [2.75, 3.05) is 31.2 Å². The number of amides is 1. The number of aromatic nitrogens is 2. The van der Waals surface area contributed by atoms with Crippen molar-refractivity contribution < 1.29 is 9.53 Å². The maximum atomic E-state index is 11.2. The fourth-order valence-electron chi connectivity index (χ4n) is 2.48. The normalized spacial score (nSPS) is 15.2. The third-order valence-electron chi connectivity index (χ3n) is 3.65. The van der Waals surface area contributed by atoms with E-state index in [9.17, 15) is 4.79 Å². The summed E-state index contributed by atoms with van der Waals surface area (Å²) < 4.78 is 7.21. The highest BCUT2D eigenvalue weighted by Gasteiger charge is 2.13. The largest absolute Gasteiger partial charge is 0.378 e. The van der Waals surface area contributed by atoms with Crippen molar-refractivity contribution in [1.82, 2.24) is 9.55 Å².